The molecule has 3 rings (SSSR count). The van der Waals surface area contributed by atoms with Gasteiger partial charge in [-0.3, -0.25) is 4.98 Å². The van der Waals surface area contributed by atoms with Crippen molar-refractivity contribution in [1.29, 1.82) is 0 Å². The van der Waals surface area contributed by atoms with Crippen molar-refractivity contribution in [2.75, 3.05) is 0 Å². The molecule has 0 spiro atoms. The first-order chi connectivity index (χ1) is 12.8. The number of aromatic carboxylic acids is 1. The average molecular weight is 408 g/mol. The molecule has 10 heteroatoms. The molecule has 0 bridgehead atoms. The van der Waals surface area contributed by atoms with Gasteiger partial charge in [0.05, 0.1) is 10.9 Å². The molecule has 2 aromatic heterocycles. The third kappa shape index (κ3) is 4.00. The maximum atomic E-state index is 12.5. The fraction of sp³-hybridized carbons (Fsp3) is 0.118. The van der Waals surface area contributed by atoms with Crippen LogP contribution in [0.1, 0.15) is 29.1 Å². The second kappa shape index (κ2) is 7.47. The van der Waals surface area contributed by atoms with Gasteiger partial charge < -0.3 is 9.63 Å². The molecule has 0 amide bonds. The van der Waals surface area contributed by atoms with Gasteiger partial charge in [-0.15, -0.1) is 0 Å². The van der Waals surface area contributed by atoms with Crippen molar-refractivity contribution in [2.45, 2.75) is 17.9 Å². The van der Waals surface area contributed by atoms with E-state index >= 15 is 0 Å². The van der Waals surface area contributed by atoms with Gasteiger partial charge in [-0.2, -0.15) is 0 Å². The number of carboxylic acids is 1. The third-order valence-electron chi connectivity index (χ3n) is 3.72. The number of hydrogen-bond donors (Lipinski definition) is 2. The van der Waals surface area contributed by atoms with E-state index in [0.29, 0.717) is 10.6 Å². The minimum Gasteiger partial charge on any atom is -0.477 e. The van der Waals surface area contributed by atoms with Crippen molar-refractivity contribution in [2.24, 2.45) is 0 Å². The Morgan fingerprint density at radius 2 is 1.96 bits per heavy atom. The summed E-state index contributed by atoms with van der Waals surface area (Å²) in [6, 6.07) is 7.85. The molecule has 1 aromatic carbocycles. The second-order valence-electron chi connectivity index (χ2n) is 5.61. The summed E-state index contributed by atoms with van der Waals surface area (Å²) in [4.78, 5) is 15.7. The lowest BCUT2D eigenvalue weighted by Crippen LogP contribution is -2.27. The number of nitrogens with one attached hydrogen (secondary N) is 1. The summed E-state index contributed by atoms with van der Waals surface area (Å²) in [5.74, 6) is -1.40. The molecule has 0 fully saturated rings. The van der Waals surface area contributed by atoms with E-state index in [-0.39, 0.29) is 21.9 Å². The van der Waals surface area contributed by atoms with E-state index in [1.165, 1.54) is 43.6 Å². The van der Waals surface area contributed by atoms with Crippen molar-refractivity contribution in [1.82, 2.24) is 14.9 Å². The van der Waals surface area contributed by atoms with Crippen LogP contribution in [0.4, 0.5) is 0 Å². The fourth-order valence-corrected chi connectivity index (χ4v) is 3.80. The molecule has 0 aliphatic heterocycles. The van der Waals surface area contributed by atoms with Crippen molar-refractivity contribution in [3.05, 3.63) is 65.1 Å². The summed E-state index contributed by atoms with van der Waals surface area (Å²) < 4.78 is 32.6. The summed E-state index contributed by atoms with van der Waals surface area (Å²) in [5.41, 5.74) is 0.287. The second-order valence-corrected chi connectivity index (χ2v) is 7.76. The summed E-state index contributed by atoms with van der Waals surface area (Å²) in [6.45, 7) is 1.47. The Balaban J connectivity index is 1.95. The molecule has 0 radical (unpaired) electrons. The lowest BCUT2D eigenvalue weighted by molar-refractivity contribution is 0.0694. The maximum Gasteiger partial charge on any atom is 0.341 e. The number of halogens is 1. The Kier molecular flexibility index (Phi) is 5.26. The van der Waals surface area contributed by atoms with E-state index in [0.717, 1.165) is 0 Å². The Labute approximate surface area is 159 Å². The summed E-state index contributed by atoms with van der Waals surface area (Å²) in [5, 5.41) is 13.8. The standard InChI is InChI=1S/C17H14ClN3O5S/c1-10(21-27(24,25)13-6-4-12(18)5-7-13)16-14(17(22)23)15(20-26-16)11-3-2-8-19-9-11/h2-10,21H,1H3,(H,22,23). The van der Waals surface area contributed by atoms with Crippen LogP contribution in [0.25, 0.3) is 11.3 Å². The largest absolute Gasteiger partial charge is 0.477 e. The van der Waals surface area contributed by atoms with Gasteiger partial charge >= 0.3 is 5.97 Å². The molecule has 2 heterocycles. The first kappa shape index (κ1) is 19.0. The molecule has 0 aliphatic rings. The average Bonchev–Trinajstić information content (AvgIpc) is 3.08. The maximum absolute atomic E-state index is 12.5. The number of aromatic nitrogens is 2. The minimum absolute atomic E-state index is 0.0115. The van der Waals surface area contributed by atoms with Crippen molar-refractivity contribution in [3.8, 4) is 11.3 Å². The highest BCUT2D eigenvalue weighted by molar-refractivity contribution is 7.89. The van der Waals surface area contributed by atoms with Gasteiger partial charge in [0, 0.05) is 23.0 Å². The predicted molar refractivity (Wildman–Crippen MR) is 96.9 cm³/mol. The minimum atomic E-state index is -3.92. The van der Waals surface area contributed by atoms with Gasteiger partial charge in [-0.1, -0.05) is 16.8 Å². The molecule has 27 heavy (non-hydrogen) atoms. The number of carbonyl (C=O) groups is 1. The molecule has 3 aromatic rings. The molecular weight excluding hydrogens is 394 g/mol. The van der Waals surface area contributed by atoms with E-state index in [9.17, 15) is 18.3 Å². The fourth-order valence-electron chi connectivity index (χ4n) is 2.47. The molecular formula is C17H14ClN3O5S. The van der Waals surface area contributed by atoms with Crippen LogP contribution < -0.4 is 4.72 Å². The van der Waals surface area contributed by atoms with Crippen molar-refractivity contribution >= 4 is 27.6 Å². The SMILES string of the molecule is CC(NS(=O)(=O)c1ccc(Cl)cc1)c1onc(-c2cccnc2)c1C(=O)O. The van der Waals surface area contributed by atoms with E-state index in [1.54, 1.807) is 12.1 Å². The zero-order valence-electron chi connectivity index (χ0n) is 14.0. The lowest BCUT2D eigenvalue weighted by atomic mass is 10.1. The number of benzene rings is 1. The van der Waals surface area contributed by atoms with E-state index in [4.69, 9.17) is 16.1 Å². The highest BCUT2D eigenvalue weighted by atomic mass is 35.5. The molecule has 0 saturated carbocycles. The topological polar surface area (TPSA) is 122 Å². The first-order valence-corrected chi connectivity index (χ1v) is 9.57. The summed E-state index contributed by atoms with van der Waals surface area (Å²) >= 11 is 5.77. The molecule has 140 valence electrons. The first-order valence-electron chi connectivity index (χ1n) is 7.71. The number of carboxylic acid groups (broad SMARTS) is 1. The van der Waals surface area contributed by atoms with Crippen LogP contribution in [0.3, 0.4) is 0 Å². The normalized spacial score (nSPS) is 12.7. The molecule has 8 nitrogen and oxygen atoms in total. The van der Waals surface area contributed by atoms with Crippen LogP contribution in [-0.2, 0) is 10.0 Å². The molecule has 0 saturated heterocycles. The smallest absolute Gasteiger partial charge is 0.341 e. The van der Waals surface area contributed by atoms with Crippen molar-refractivity contribution in [3.63, 3.8) is 0 Å². The Morgan fingerprint density at radius 1 is 1.26 bits per heavy atom. The van der Waals surface area contributed by atoms with Gasteiger partial charge in [0.2, 0.25) is 10.0 Å². The number of nitrogens with zero attached hydrogens (tertiary/aromatic N) is 2. The van der Waals surface area contributed by atoms with Gasteiger partial charge in [0.1, 0.15) is 11.3 Å². The Morgan fingerprint density at radius 3 is 2.56 bits per heavy atom. The number of hydrogen-bond acceptors (Lipinski definition) is 6. The molecule has 1 unspecified atom stereocenters. The summed E-state index contributed by atoms with van der Waals surface area (Å²) in [6.07, 6.45) is 2.98. The van der Waals surface area contributed by atoms with Crippen LogP contribution in [-0.4, -0.2) is 29.6 Å². The number of rotatable bonds is 6. The van der Waals surface area contributed by atoms with Crippen molar-refractivity contribution < 1.29 is 22.8 Å². The zero-order chi connectivity index (χ0) is 19.6. The quantitative estimate of drug-likeness (QED) is 0.643. The van der Waals surface area contributed by atoms with Crippen LogP contribution in [0, 0.1) is 0 Å². The monoisotopic (exact) mass is 407 g/mol. The predicted octanol–water partition coefficient (Wildman–Crippen LogP) is 3.13. The van der Waals surface area contributed by atoms with Gasteiger partial charge in [-0.25, -0.2) is 17.9 Å². The van der Waals surface area contributed by atoms with E-state index in [2.05, 4.69) is 14.9 Å². The number of pyridine rings is 1. The highest BCUT2D eigenvalue weighted by Gasteiger charge is 2.30. The Bertz CT molecular complexity index is 1070. The third-order valence-corrected chi connectivity index (χ3v) is 5.53. The van der Waals surface area contributed by atoms with Crippen LogP contribution >= 0.6 is 11.6 Å². The van der Waals surface area contributed by atoms with Crippen LogP contribution in [0.5, 0.6) is 0 Å². The molecule has 1 atom stereocenters. The molecule has 0 aliphatic carbocycles. The Hall–Kier alpha value is -2.75. The van der Waals surface area contributed by atoms with Crippen LogP contribution in [0.15, 0.2) is 58.2 Å². The van der Waals surface area contributed by atoms with Gasteiger partial charge in [-0.05, 0) is 43.3 Å². The van der Waals surface area contributed by atoms with Crippen LogP contribution in [0.2, 0.25) is 5.02 Å². The summed E-state index contributed by atoms with van der Waals surface area (Å²) in [7, 11) is -3.92. The lowest BCUT2D eigenvalue weighted by Gasteiger charge is -2.12. The zero-order valence-corrected chi connectivity index (χ0v) is 15.5. The van der Waals surface area contributed by atoms with Gasteiger partial charge in [0.25, 0.3) is 0 Å². The van der Waals surface area contributed by atoms with E-state index < -0.39 is 22.0 Å². The molecule has 2 N–H and O–H groups in total. The number of sulfonamides is 1. The van der Waals surface area contributed by atoms with E-state index in [1.807, 2.05) is 0 Å². The highest BCUT2D eigenvalue weighted by Crippen LogP contribution is 2.29. The van der Waals surface area contributed by atoms with Gasteiger partial charge in [0.15, 0.2) is 5.76 Å².